The van der Waals surface area contributed by atoms with Gasteiger partial charge in [0.25, 0.3) is 5.69 Å². The number of benzene rings is 1. The van der Waals surface area contributed by atoms with Gasteiger partial charge in [-0.25, -0.2) is 4.98 Å². The van der Waals surface area contributed by atoms with Crippen molar-refractivity contribution in [3.8, 4) is 0 Å². The van der Waals surface area contributed by atoms with E-state index in [-0.39, 0.29) is 22.4 Å². The minimum atomic E-state index is -0.511. The second-order valence-electron chi connectivity index (χ2n) is 3.93. The Bertz CT molecular complexity index is 664. The Balaban J connectivity index is 2.06. The van der Waals surface area contributed by atoms with Crippen LogP contribution in [-0.4, -0.2) is 28.6 Å². The van der Waals surface area contributed by atoms with Gasteiger partial charge in [0, 0.05) is 29.7 Å². The normalized spacial score (nSPS) is 10.4. The van der Waals surface area contributed by atoms with Gasteiger partial charge in [-0.1, -0.05) is 11.6 Å². The molecule has 0 unspecified atom stereocenters. The number of nitro benzene ring substituents is 1. The van der Waals surface area contributed by atoms with Crippen LogP contribution in [0.3, 0.4) is 0 Å². The molecule has 0 bridgehead atoms. The fraction of sp³-hybridized carbons (Fsp3) is 0.167. The standard InChI is InChI=1S/C12H10ClN3O3S2/c1-15(12-14-4-5-20-12)11(17)7-21-10-3-2-8(13)6-9(10)16(18)19/h2-6H,7H2,1H3. The smallest absolute Gasteiger partial charge is 0.284 e. The van der Waals surface area contributed by atoms with Gasteiger partial charge >= 0.3 is 0 Å². The Morgan fingerprint density at radius 3 is 2.95 bits per heavy atom. The van der Waals surface area contributed by atoms with Gasteiger partial charge in [0.2, 0.25) is 5.91 Å². The Labute approximate surface area is 133 Å². The lowest BCUT2D eigenvalue weighted by molar-refractivity contribution is -0.387. The van der Waals surface area contributed by atoms with Crippen LogP contribution < -0.4 is 4.90 Å². The fourth-order valence-corrected chi connectivity index (χ4v) is 3.19. The molecule has 1 aromatic heterocycles. The van der Waals surface area contributed by atoms with Gasteiger partial charge in [-0.05, 0) is 12.1 Å². The topological polar surface area (TPSA) is 76.3 Å². The summed E-state index contributed by atoms with van der Waals surface area (Å²) in [4.78, 5) is 28.4. The van der Waals surface area contributed by atoms with Crippen LogP contribution in [0.4, 0.5) is 10.8 Å². The third-order valence-corrected chi connectivity index (χ3v) is 4.68. The molecule has 1 aromatic carbocycles. The lowest BCUT2D eigenvalue weighted by Gasteiger charge is -2.13. The predicted molar refractivity (Wildman–Crippen MR) is 84.4 cm³/mol. The number of rotatable bonds is 5. The number of anilines is 1. The number of hydrogen-bond donors (Lipinski definition) is 0. The minimum absolute atomic E-state index is 0.0819. The molecule has 1 amide bonds. The summed E-state index contributed by atoms with van der Waals surface area (Å²) < 4.78 is 0. The van der Waals surface area contributed by atoms with Crippen LogP contribution in [0.2, 0.25) is 5.02 Å². The number of hydrogen-bond acceptors (Lipinski definition) is 6. The summed E-state index contributed by atoms with van der Waals surface area (Å²) in [6, 6.07) is 4.38. The van der Waals surface area contributed by atoms with E-state index >= 15 is 0 Å². The van der Waals surface area contributed by atoms with E-state index in [1.807, 2.05) is 0 Å². The van der Waals surface area contributed by atoms with Crippen LogP contribution in [0, 0.1) is 10.1 Å². The first-order valence-electron chi connectivity index (χ1n) is 5.72. The van der Waals surface area contributed by atoms with Gasteiger partial charge in [-0.3, -0.25) is 19.8 Å². The largest absolute Gasteiger partial charge is 0.291 e. The van der Waals surface area contributed by atoms with Crippen molar-refractivity contribution in [3.63, 3.8) is 0 Å². The van der Waals surface area contributed by atoms with Gasteiger partial charge in [0.1, 0.15) is 0 Å². The number of carbonyl (C=O) groups excluding carboxylic acids is 1. The van der Waals surface area contributed by atoms with Crippen LogP contribution in [0.15, 0.2) is 34.7 Å². The lowest BCUT2D eigenvalue weighted by Crippen LogP contribution is -2.27. The summed E-state index contributed by atoms with van der Waals surface area (Å²) in [6.45, 7) is 0. The average molecular weight is 344 g/mol. The zero-order valence-corrected chi connectivity index (χ0v) is 13.2. The first-order valence-corrected chi connectivity index (χ1v) is 7.96. The van der Waals surface area contributed by atoms with Crippen LogP contribution in [0.1, 0.15) is 0 Å². The second kappa shape index (κ2) is 6.88. The Kier molecular flexibility index (Phi) is 5.16. The molecule has 0 saturated heterocycles. The molecule has 0 aliphatic rings. The Morgan fingerprint density at radius 2 is 2.33 bits per heavy atom. The van der Waals surface area contributed by atoms with E-state index < -0.39 is 4.92 Å². The molecule has 1 heterocycles. The third kappa shape index (κ3) is 3.93. The molecule has 0 fully saturated rings. The van der Waals surface area contributed by atoms with Crippen molar-refractivity contribution in [2.75, 3.05) is 17.7 Å². The van der Waals surface area contributed by atoms with Crippen molar-refractivity contribution in [3.05, 3.63) is 44.9 Å². The molecular weight excluding hydrogens is 334 g/mol. The van der Waals surface area contributed by atoms with E-state index in [1.54, 1.807) is 30.8 Å². The zero-order chi connectivity index (χ0) is 15.4. The molecule has 21 heavy (non-hydrogen) atoms. The molecule has 6 nitrogen and oxygen atoms in total. The zero-order valence-electron chi connectivity index (χ0n) is 10.9. The van der Waals surface area contributed by atoms with Crippen molar-refractivity contribution in [2.45, 2.75) is 4.90 Å². The number of nitrogens with zero attached hydrogens (tertiary/aromatic N) is 3. The van der Waals surface area contributed by atoms with Crippen LogP contribution >= 0.6 is 34.7 Å². The van der Waals surface area contributed by atoms with Crippen molar-refractivity contribution in [1.29, 1.82) is 0 Å². The first kappa shape index (κ1) is 15.7. The maximum Gasteiger partial charge on any atom is 0.284 e. The molecule has 2 aromatic rings. The number of amides is 1. The molecule has 0 radical (unpaired) electrons. The number of thiazole rings is 1. The number of carbonyl (C=O) groups is 1. The summed E-state index contributed by atoms with van der Waals surface area (Å²) in [6.07, 6.45) is 1.61. The average Bonchev–Trinajstić information content (AvgIpc) is 2.98. The minimum Gasteiger partial charge on any atom is -0.291 e. The quantitative estimate of drug-likeness (QED) is 0.472. The lowest BCUT2D eigenvalue weighted by atomic mass is 10.3. The van der Waals surface area contributed by atoms with Gasteiger partial charge in [0.05, 0.1) is 15.6 Å². The molecule has 0 atom stereocenters. The molecular formula is C12H10ClN3O3S2. The highest BCUT2D eigenvalue weighted by atomic mass is 35.5. The van der Waals surface area contributed by atoms with Gasteiger partial charge in [0.15, 0.2) is 5.13 Å². The summed E-state index contributed by atoms with van der Waals surface area (Å²) in [7, 11) is 1.62. The maximum absolute atomic E-state index is 12.0. The maximum atomic E-state index is 12.0. The van der Waals surface area contributed by atoms with E-state index in [4.69, 9.17) is 11.6 Å². The van der Waals surface area contributed by atoms with Crippen molar-refractivity contribution in [2.24, 2.45) is 0 Å². The molecule has 2 rings (SSSR count). The van der Waals surface area contributed by atoms with Crippen LogP contribution in [0.25, 0.3) is 0 Å². The summed E-state index contributed by atoms with van der Waals surface area (Å²) in [5, 5.41) is 13.6. The van der Waals surface area contributed by atoms with Gasteiger partial charge < -0.3 is 0 Å². The Morgan fingerprint density at radius 1 is 1.57 bits per heavy atom. The number of thioether (sulfide) groups is 1. The highest BCUT2D eigenvalue weighted by molar-refractivity contribution is 8.00. The number of aromatic nitrogens is 1. The molecule has 0 N–H and O–H groups in total. The summed E-state index contributed by atoms with van der Waals surface area (Å²) in [5.41, 5.74) is -0.0998. The highest BCUT2D eigenvalue weighted by Crippen LogP contribution is 2.32. The van der Waals surface area contributed by atoms with E-state index in [2.05, 4.69) is 4.98 Å². The van der Waals surface area contributed by atoms with Crippen LogP contribution in [-0.2, 0) is 4.79 Å². The van der Waals surface area contributed by atoms with Crippen LogP contribution in [0.5, 0.6) is 0 Å². The SMILES string of the molecule is CN(C(=O)CSc1ccc(Cl)cc1[N+](=O)[O-])c1nccs1. The van der Waals surface area contributed by atoms with Gasteiger partial charge in [-0.15, -0.1) is 23.1 Å². The van der Waals surface area contributed by atoms with Crippen molar-refractivity contribution in [1.82, 2.24) is 4.98 Å². The third-order valence-electron chi connectivity index (χ3n) is 2.55. The number of nitro groups is 1. The predicted octanol–water partition coefficient (Wildman–Crippen LogP) is 3.46. The fourth-order valence-electron chi connectivity index (χ4n) is 1.48. The first-order chi connectivity index (χ1) is 9.99. The molecule has 0 aliphatic carbocycles. The molecule has 0 aliphatic heterocycles. The van der Waals surface area contributed by atoms with E-state index in [9.17, 15) is 14.9 Å². The van der Waals surface area contributed by atoms with Crippen molar-refractivity contribution < 1.29 is 9.72 Å². The van der Waals surface area contributed by atoms with Crippen molar-refractivity contribution >= 4 is 51.4 Å². The van der Waals surface area contributed by atoms with E-state index in [1.165, 1.54) is 22.3 Å². The molecule has 110 valence electrons. The highest BCUT2D eigenvalue weighted by Gasteiger charge is 2.18. The molecule has 9 heteroatoms. The summed E-state index contributed by atoms with van der Waals surface area (Å²) in [5.74, 6) is -0.0994. The monoisotopic (exact) mass is 343 g/mol. The summed E-state index contributed by atoms with van der Waals surface area (Å²) >= 11 is 8.20. The number of halogens is 1. The van der Waals surface area contributed by atoms with E-state index in [0.717, 1.165) is 11.8 Å². The molecule has 0 spiro atoms. The second-order valence-corrected chi connectivity index (χ2v) is 6.25. The Hall–Kier alpha value is -1.64. The van der Waals surface area contributed by atoms with Gasteiger partial charge in [-0.2, -0.15) is 0 Å². The van der Waals surface area contributed by atoms with E-state index in [0.29, 0.717) is 10.0 Å². The molecule has 0 saturated carbocycles.